The molecule has 0 aliphatic heterocycles. The van der Waals surface area contributed by atoms with Gasteiger partial charge in [0.15, 0.2) is 0 Å². The average Bonchev–Trinajstić information content (AvgIpc) is 2.31. The summed E-state index contributed by atoms with van der Waals surface area (Å²) in [6, 6.07) is 4.83. The van der Waals surface area contributed by atoms with Gasteiger partial charge in [-0.2, -0.15) is 0 Å². The van der Waals surface area contributed by atoms with Crippen molar-refractivity contribution in [1.82, 2.24) is 4.72 Å². The van der Waals surface area contributed by atoms with Crippen LogP contribution in [0.2, 0.25) is 0 Å². The molecule has 2 N–H and O–H groups in total. The van der Waals surface area contributed by atoms with Crippen molar-refractivity contribution in [1.29, 1.82) is 0 Å². The Balaban J connectivity index is 3.05. The fourth-order valence-corrected chi connectivity index (χ4v) is 2.52. The first kappa shape index (κ1) is 14.7. The molecule has 0 saturated heterocycles. The Morgan fingerprint density at radius 3 is 2.56 bits per heavy atom. The van der Waals surface area contributed by atoms with Gasteiger partial charge in [0.1, 0.15) is 0 Å². The van der Waals surface area contributed by atoms with Gasteiger partial charge in [-0.1, -0.05) is 13.0 Å². The van der Waals surface area contributed by atoms with Gasteiger partial charge in [-0.25, -0.2) is 13.1 Å². The zero-order valence-corrected chi connectivity index (χ0v) is 11.6. The molecule has 6 heteroatoms. The number of nitrogens with one attached hydrogen (secondary N) is 2. The number of anilines is 1. The first-order valence-corrected chi connectivity index (χ1v) is 7.23. The summed E-state index contributed by atoms with van der Waals surface area (Å²) in [4.78, 5) is 11.6. The van der Waals surface area contributed by atoms with Crippen molar-refractivity contribution in [2.75, 3.05) is 12.4 Å². The molecule has 0 aromatic heterocycles. The molecular formula is C12H18N2O3S. The first-order chi connectivity index (χ1) is 8.40. The second-order valence-corrected chi connectivity index (χ2v) is 5.84. The Hall–Kier alpha value is -1.40. The Kier molecular flexibility index (Phi) is 4.86. The molecule has 0 heterocycles. The number of aryl methyl sites for hydroxylation is 1. The molecule has 0 fully saturated rings. The molecule has 0 aliphatic carbocycles. The summed E-state index contributed by atoms with van der Waals surface area (Å²) in [5, 5.41) is 2.68. The monoisotopic (exact) mass is 270 g/mol. The number of amides is 1. The van der Waals surface area contributed by atoms with E-state index in [1.165, 1.54) is 13.1 Å². The second-order valence-electron chi connectivity index (χ2n) is 3.99. The third-order valence-electron chi connectivity index (χ3n) is 2.51. The smallest absolute Gasteiger partial charge is 0.240 e. The predicted molar refractivity (Wildman–Crippen MR) is 71.0 cm³/mol. The number of benzene rings is 1. The average molecular weight is 270 g/mol. The van der Waals surface area contributed by atoms with Gasteiger partial charge in [-0.3, -0.25) is 4.79 Å². The van der Waals surface area contributed by atoms with Crippen molar-refractivity contribution >= 4 is 21.6 Å². The van der Waals surface area contributed by atoms with Crippen LogP contribution in [0.3, 0.4) is 0 Å². The molecule has 1 aromatic rings. The van der Waals surface area contributed by atoms with E-state index in [0.29, 0.717) is 17.7 Å². The molecule has 5 nitrogen and oxygen atoms in total. The summed E-state index contributed by atoms with van der Waals surface area (Å²) >= 11 is 0. The summed E-state index contributed by atoms with van der Waals surface area (Å²) in [5.41, 5.74) is 1.13. The number of hydrogen-bond donors (Lipinski definition) is 2. The molecule has 1 rings (SSSR count). The normalized spacial score (nSPS) is 11.3. The lowest BCUT2D eigenvalue weighted by atomic mass is 10.2. The van der Waals surface area contributed by atoms with Crippen LogP contribution < -0.4 is 10.0 Å². The van der Waals surface area contributed by atoms with Crippen LogP contribution >= 0.6 is 0 Å². The second kappa shape index (κ2) is 5.97. The Labute approximate surface area is 108 Å². The Bertz CT molecular complexity index is 538. The van der Waals surface area contributed by atoms with Gasteiger partial charge in [0.05, 0.1) is 4.90 Å². The highest BCUT2D eigenvalue weighted by Crippen LogP contribution is 2.20. The van der Waals surface area contributed by atoms with Crippen LogP contribution in [0.1, 0.15) is 25.3 Å². The van der Waals surface area contributed by atoms with Gasteiger partial charge in [0.25, 0.3) is 0 Å². The third kappa shape index (κ3) is 3.54. The van der Waals surface area contributed by atoms with Gasteiger partial charge in [0.2, 0.25) is 15.9 Å². The van der Waals surface area contributed by atoms with Gasteiger partial charge in [0, 0.05) is 12.1 Å². The van der Waals surface area contributed by atoms with E-state index in [4.69, 9.17) is 0 Å². The molecular weight excluding hydrogens is 252 g/mol. The van der Waals surface area contributed by atoms with Gasteiger partial charge < -0.3 is 5.32 Å². The Morgan fingerprint density at radius 2 is 2.00 bits per heavy atom. The van der Waals surface area contributed by atoms with Crippen LogP contribution in [-0.4, -0.2) is 21.4 Å². The van der Waals surface area contributed by atoms with Crippen molar-refractivity contribution in [3.05, 3.63) is 23.8 Å². The van der Waals surface area contributed by atoms with Crippen LogP contribution in [0.5, 0.6) is 0 Å². The van der Waals surface area contributed by atoms with Gasteiger partial charge in [-0.05, 0) is 38.1 Å². The minimum Gasteiger partial charge on any atom is -0.326 e. The highest BCUT2D eigenvalue weighted by Gasteiger charge is 2.15. The summed E-state index contributed by atoms with van der Waals surface area (Å²) in [6.07, 6.45) is 1.17. The summed E-state index contributed by atoms with van der Waals surface area (Å²) in [7, 11) is -2.14. The topological polar surface area (TPSA) is 75.3 Å². The highest BCUT2D eigenvalue weighted by molar-refractivity contribution is 7.89. The van der Waals surface area contributed by atoms with Crippen LogP contribution in [0.25, 0.3) is 0 Å². The lowest BCUT2D eigenvalue weighted by Crippen LogP contribution is -2.20. The third-order valence-corrected chi connectivity index (χ3v) is 4.06. The van der Waals surface area contributed by atoms with E-state index in [0.717, 1.165) is 6.42 Å². The fraction of sp³-hybridized carbons (Fsp3) is 0.417. The molecule has 0 bridgehead atoms. The van der Waals surface area contributed by atoms with Crippen molar-refractivity contribution in [2.45, 2.75) is 31.6 Å². The molecule has 18 heavy (non-hydrogen) atoms. The van der Waals surface area contributed by atoms with E-state index < -0.39 is 10.0 Å². The molecule has 1 aromatic carbocycles. The standard InChI is InChI=1S/C12H18N2O3S/c1-4-5-12(15)14-10-7-6-9(2)11(8-10)18(16,17)13-3/h6-8,13H,4-5H2,1-3H3,(H,14,15). The van der Waals surface area contributed by atoms with E-state index in [9.17, 15) is 13.2 Å². The maximum absolute atomic E-state index is 11.8. The van der Waals surface area contributed by atoms with Gasteiger partial charge in [-0.15, -0.1) is 0 Å². The van der Waals surface area contributed by atoms with Crippen LogP contribution in [0.4, 0.5) is 5.69 Å². The van der Waals surface area contributed by atoms with E-state index in [-0.39, 0.29) is 10.8 Å². The zero-order chi connectivity index (χ0) is 13.8. The van der Waals surface area contributed by atoms with Crippen molar-refractivity contribution in [3.63, 3.8) is 0 Å². The zero-order valence-electron chi connectivity index (χ0n) is 10.8. The summed E-state index contributed by atoms with van der Waals surface area (Å²) in [6.45, 7) is 3.62. The van der Waals surface area contributed by atoms with E-state index in [1.807, 2.05) is 6.92 Å². The molecule has 0 unspecified atom stereocenters. The molecule has 0 saturated carbocycles. The van der Waals surface area contributed by atoms with Gasteiger partial charge >= 0.3 is 0 Å². The molecule has 100 valence electrons. The van der Waals surface area contributed by atoms with Crippen molar-refractivity contribution in [2.24, 2.45) is 0 Å². The number of sulfonamides is 1. The SMILES string of the molecule is CCCC(=O)Nc1ccc(C)c(S(=O)(=O)NC)c1. The molecule has 0 aliphatic rings. The first-order valence-electron chi connectivity index (χ1n) is 5.74. The van der Waals surface area contributed by atoms with Crippen LogP contribution in [-0.2, 0) is 14.8 Å². The maximum Gasteiger partial charge on any atom is 0.240 e. The Morgan fingerprint density at radius 1 is 1.33 bits per heavy atom. The minimum absolute atomic E-state index is 0.117. The summed E-state index contributed by atoms with van der Waals surface area (Å²) < 4.78 is 25.8. The van der Waals surface area contributed by atoms with E-state index >= 15 is 0 Å². The molecule has 0 spiro atoms. The number of rotatable bonds is 5. The molecule has 1 amide bonds. The quantitative estimate of drug-likeness (QED) is 0.854. The van der Waals surface area contributed by atoms with E-state index in [1.54, 1.807) is 19.1 Å². The highest BCUT2D eigenvalue weighted by atomic mass is 32.2. The lowest BCUT2D eigenvalue weighted by molar-refractivity contribution is -0.116. The minimum atomic E-state index is -3.50. The molecule has 0 atom stereocenters. The van der Waals surface area contributed by atoms with Crippen molar-refractivity contribution < 1.29 is 13.2 Å². The number of carbonyl (C=O) groups is 1. The number of hydrogen-bond acceptors (Lipinski definition) is 3. The maximum atomic E-state index is 11.8. The summed E-state index contributed by atoms with van der Waals surface area (Å²) in [5.74, 6) is -0.117. The predicted octanol–water partition coefficient (Wildman–Crippen LogP) is 1.64. The molecule has 0 radical (unpaired) electrons. The largest absolute Gasteiger partial charge is 0.326 e. The fourth-order valence-electron chi connectivity index (χ4n) is 1.53. The van der Waals surface area contributed by atoms with E-state index in [2.05, 4.69) is 10.0 Å². The van der Waals surface area contributed by atoms with Crippen LogP contribution in [0, 0.1) is 6.92 Å². The lowest BCUT2D eigenvalue weighted by Gasteiger charge is -2.10. The number of carbonyl (C=O) groups excluding carboxylic acids is 1. The van der Waals surface area contributed by atoms with Crippen LogP contribution in [0.15, 0.2) is 23.1 Å². The van der Waals surface area contributed by atoms with Crippen molar-refractivity contribution in [3.8, 4) is 0 Å².